The molecule has 4 rings (SSSR count). The number of hydrogen-bond donors (Lipinski definition) is 0. The lowest BCUT2D eigenvalue weighted by Crippen LogP contribution is -2.48. The van der Waals surface area contributed by atoms with Gasteiger partial charge in [0, 0.05) is 44.1 Å². The standard InChI is InChI=1S/C19H19N5O2S/c25-27(26,17-6-2-1-3-7-17)24-13-11-23(12-14-24)19-9-8-18(21-22-19)16-5-4-10-20-15-16/h1-10,15H,11-14H2. The van der Waals surface area contributed by atoms with E-state index in [-0.39, 0.29) is 0 Å². The molecule has 3 heterocycles. The van der Waals surface area contributed by atoms with Crippen LogP contribution < -0.4 is 4.90 Å². The first kappa shape index (κ1) is 17.6. The number of sulfonamides is 1. The van der Waals surface area contributed by atoms with Gasteiger partial charge in [0.1, 0.15) is 0 Å². The molecule has 1 fully saturated rings. The minimum atomic E-state index is -3.45. The third-order valence-corrected chi connectivity index (χ3v) is 6.46. The lowest BCUT2D eigenvalue weighted by molar-refractivity contribution is 0.383. The van der Waals surface area contributed by atoms with Crippen molar-refractivity contribution in [2.75, 3.05) is 31.1 Å². The van der Waals surface area contributed by atoms with Gasteiger partial charge in [-0.05, 0) is 36.4 Å². The highest BCUT2D eigenvalue weighted by Gasteiger charge is 2.28. The van der Waals surface area contributed by atoms with Crippen LogP contribution in [0.2, 0.25) is 0 Å². The molecule has 0 amide bonds. The van der Waals surface area contributed by atoms with Crippen LogP contribution in [0.1, 0.15) is 0 Å². The lowest BCUT2D eigenvalue weighted by atomic mass is 10.2. The van der Waals surface area contributed by atoms with Gasteiger partial charge in [-0.25, -0.2) is 8.42 Å². The van der Waals surface area contributed by atoms with Crippen molar-refractivity contribution in [3.8, 4) is 11.3 Å². The number of benzene rings is 1. The molecule has 0 bridgehead atoms. The van der Waals surface area contributed by atoms with E-state index in [1.54, 1.807) is 36.7 Å². The Morgan fingerprint density at radius 1 is 0.815 bits per heavy atom. The molecule has 0 aliphatic carbocycles. The van der Waals surface area contributed by atoms with Crippen molar-refractivity contribution < 1.29 is 8.42 Å². The molecular weight excluding hydrogens is 362 g/mol. The van der Waals surface area contributed by atoms with E-state index in [1.807, 2.05) is 30.3 Å². The van der Waals surface area contributed by atoms with Gasteiger partial charge in [-0.1, -0.05) is 18.2 Å². The molecule has 1 aliphatic rings. The van der Waals surface area contributed by atoms with Crippen LogP contribution in [0.15, 0.2) is 71.9 Å². The largest absolute Gasteiger partial charge is 0.352 e. The Morgan fingerprint density at radius 3 is 2.22 bits per heavy atom. The first-order valence-electron chi connectivity index (χ1n) is 8.69. The summed E-state index contributed by atoms with van der Waals surface area (Å²) in [5.74, 6) is 0.749. The van der Waals surface area contributed by atoms with Crippen LogP contribution >= 0.6 is 0 Å². The number of nitrogens with zero attached hydrogens (tertiary/aromatic N) is 5. The van der Waals surface area contributed by atoms with Crippen molar-refractivity contribution in [1.29, 1.82) is 0 Å². The van der Waals surface area contributed by atoms with Crippen LogP contribution in [-0.4, -0.2) is 54.1 Å². The van der Waals surface area contributed by atoms with Crippen LogP contribution in [0, 0.1) is 0 Å². The van der Waals surface area contributed by atoms with Crippen LogP contribution in [0.5, 0.6) is 0 Å². The average molecular weight is 381 g/mol. The van der Waals surface area contributed by atoms with Crippen molar-refractivity contribution in [3.63, 3.8) is 0 Å². The molecule has 7 nitrogen and oxygen atoms in total. The van der Waals surface area contributed by atoms with E-state index >= 15 is 0 Å². The second-order valence-electron chi connectivity index (χ2n) is 6.22. The molecule has 1 aromatic carbocycles. The molecular formula is C19H19N5O2S. The molecule has 0 N–H and O–H groups in total. The van der Waals surface area contributed by atoms with E-state index < -0.39 is 10.0 Å². The number of anilines is 1. The summed E-state index contributed by atoms with van der Waals surface area (Å²) in [5, 5.41) is 8.58. The highest BCUT2D eigenvalue weighted by molar-refractivity contribution is 7.89. The van der Waals surface area contributed by atoms with Gasteiger partial charge >= 0.3 is 0 Å². The normalized spacial score (nSPS) is 15.6. The van der Waals surface area contributed by atoms with Gasteiger partial charge in [-0.3, -0.25) is 4.98 Å². The number of pyridine rings is 1. The van der Waals surface area contributed by atoms with Gasteiger partial charge in [0.2, 0.25) is 10.0 Å². The molecule has 1 saturated heterocycles. The Kier molecular flexibility index (Phi) is 4.83. The smallest absolute Gasteiger partial charge is 0.243 e. The van der Waals surface area contributed by atoms with E-state index in [2.05, 4.69) is 20.1 Å². The zero-order valence-corrected chi connectivity index (χ0v) is 15.5. The predicted octanol–water partition coefficient (Wildman–Crippen LogP) is 2.05. The third kappa shape index (κ3) is 3.67. The molecule has 0 atom stereocenters. The Hall–Kier alpha value is -2.84. The maximum Gasteiger partial charge on any atom is 0.243 e. The maximum absolute atomic E-state index is 12.7. The average Bonchev–Trinajstić information content (AvgIpc) is 2.75. The van der Waals surface area contributed by atoms with Gasteiger partial charge in [-0.2, -0.15) is 4.31 Å². The van der Waals surface area contributed by atoms with Gasteiger partial charge in [0.25, 0.3) is 0 Å². The van der Waals surface area contributed by atoms with E-state index in [9.17, 15) is 8.42 Å². The Labute approximate surface area is 158 Å². The summed E-state index contributed by atoms with van der Waals surface area (Å²) in [6.07, 6.45) is 3.46. The van der Waals surface area contributed by atoms with Crippen molar-refractivity contribution in [2.24, 2.45) is 0 Å². The fraction of sp³-hybridized carbons (Fsp3) is 0.211. The fourth-order valence-electron chi connectivity index (χ4n) is 3.06. The Morgan fingerprint density at radius 2 is 1.59 bits per heavy atom. The summed E-state index contributed by atoms with van der Waals surface area (Å²) in [4.78, 5) is 6.47. The molecule has 3 aromatic rings. The van der Waals surface area contributed by atoms with Gasteiger partial charge in [0.05, 0.1) is 10.6 Å². The zero-order chi connectivity index (χ0) is 18.7. The van der Waals surface area contributed by atoms with Crippen LogP contribution in [0.25, 0.3) is 11.3 Å². The second kappa shape index (κ2) is 7.42. The summed E-state index contributed by atoms with van der Waals surface area (Å²) < 4.78 is 26.9. The van der Waals surface area contributed by atoms with Crippen molar-refractivity contribution in [1.82, 2.24) is 19.5 Å². The highest BCUT2D eigenvalue weighted by atomic mass is 32.2. The Bertz CT molecular complexity index is 987. The highest BCUT2D eigenvalue weighted by Crippen LogP contribution is 2.21. The number of aromatic nitrogens is 3. The van der Waals surface area contributed by atoms with Crippen LogP contribution in [0.4, 0.5) is 5.82 Å². The summed E-state index contributed by atoms with van der Waals surface area (Å²) >= 11 is 0. The van der Waals surface area contributed by atoms with Gasteiger partial charge in [-0.15, -0.1) is 10.2 Å². The van der Waals surface area contributed by atoms with Crippen molar-refractivity contribution >= 4 is 15.8 Å². The van der Waals surface area contributed by atoms with Crippen LogP contribution in [0.3, 0.4) is 0 Å². The van der Waals surface area contributed by atoms with E-state index in [4.69, 9.17) is 0 Å². The molecule has 138 valence electrons. The number of piperazine rings is 1. The lowest BCUT2D eigenvalue weighted by Gasteiger charge is -2.34. The van der Waals surface area contributed by atoms with E-state index in [1.165, 1.54) is 4.31 Å². The molecule has 27 heavy (non-hydrogen) atoms. The molecule has 0 radical (unpaired) electrons. The fourth-order valence-corrected chi connectivity index (χ4v) is 4.50. The molecule has 0 saturated carbocycles. The summed E-state index contributed by atoms with van der Waals surface area (Å²) in [6.45, 7) is 1.99. The van der Waals surface area contributed by atoms with E-state index in [0.717, 1.165) is 17.1 Å². The number of hydrogen-bond acceptors (Lipinski definition) is 6. The first-order chi connectivity index (χ1) is 13.1. The molecule has 1 aliphatic heterocycles. The minimum absolute atomic E-state index is 0.332. The molecule has 8 heteroatoms. The predicted molar refractivity (Wildman–Crippen MR) is 103 cm³/mol. The first-order valence-corrected chi connectivity index (χ1v) is 10.1. The summed E-state index contributed by atoms with van der Waals surface area (Å²) in [5.41, 5.74) is 1.67. The third-order valence-electron chi connectivity index (χ3n) is 4.55. The Balaban J connectivity index is 1.44. The van der Waals surface area contributed by atoms with Crippen molar-refractivity contribution in [3.05, 3.63) is 67.0 Å². The summed E-state index contributed by atoms with van der Waals surface area (Å²) in [6, 6.07) is 16.2. The quantitative estimate of drug-likeness (QED) is 0.688. The maximum atomic E-state index is 12.7. The summed E-state index contributed by atoms with van der Waals surface area (Å²) in [7, 11) is -3.45. The number of rotatable bonds is 4. The minimum Gasteiger partial charge on any atom is -0.352 e. The van der Waals surface area contributed by atoms with Gasteiger partial charge < -0.3 is 4.90 Å². The molecule has 2 aromatic heterocycles. The second-order valence-corrected chi connectivity index (χ2v) is 8.16. The van der Waals surface area contributed by atoms with Crippen LogP contribution in [-0.2, 0) is 10.0 Å². The topological polar surface area (TPSA) is 79.3 Å². The SMILES string of the molecule is O=S(=O)(c1ccccc1)N1CCN(c2ccc(-c3cccnc3)nn2)CC1. The monoisotopic (exact) mass is 381 g/mol. The van der Waals surface area contributed by atoms with Crippen molar-refractivity contribution in [2.45, 2.75) is 4.90 Å². The van der Waals surface area contributed by atoms with Gasteiger partial charge in [0.15, 0.2) is 5.82 Å². The van der Waals surface area contributed by atoms with E-state index in [0.29, 0.717) is 31.1 Å². The molecule has 0 spiro atoms. The zero-order valence-electron chi connectivity index (χ0n) is 14.6. The molecule has 0 unspecified atom stereocenters.